The molecule has 0 spiro atoms. The number of hydrogen-bond acceptors (Lipinski definition) is 3. The highest BCUT2D eigenvalue weighted by molar-refractivity contribution is 6.30. The molecule has 0 bridgehead atoms. The van der Waals surface area contributed by atoms with E-state index < -0.39 is 0 Å². The molecule has 1 aromatic carbocycles. The van der Waals surface area contributed by atoms with E-state index in [9.17, 15) is 0 Å². The number of ether oxygens (including phenoxy) is 1. The maximum absolute atomic E-state index is 5.89. The average molecular weight is 280 g/mol. The summed E-state index contributed by atoms with van der Waals surface area (Å²) in [5, 5.41) is 4.14. The van der Waals surface area contributed by atoms with E-state index in [4.69, 9.17) is 16.3 Å². The second-order valence-electron chi connectivity index (χ2n) is 4.35. The van der Waals surface area contributed by atoms with Crippen LogP contribution >= 0.6 is 11.6 Å². The van der Waals surface area contributed by atoms with Crippen LogP contribution in [0.25, 0.3) is 0 Å². The molecule has 1 atom stereocenters. The quantitative estimate of drug-likeness (QED) is 0.881. The fourth-order valence-electron chi connectivity index (χ4n) is 1.85. The molecular weight excluding hydrogens is 262 g/mol. The molecule has 2 aromatic rings. The standard InChI is InChI=1S/C14H18ClN3O/c1-11(12-3-5-13(15)6-4-12)17-14-16-7-8-18(14)9-10-19-2/h3-8,11H,9-10H2,1-2H3,(H,16,17). The van der Waals surface area contributed by atoms with Crippen LogP contribution in [0.4, 0.5) is 5.95 Å². The van der Waals surface area contributed by atoms with Crippen molar-refractivity contribution in [2.45, 2.75) is 19.5 Å². The molecule has 19 heavy (non-hydrogen) atoms. The molecule has 1 aromatic heterocycles. The summed E-state index contributed by atoms with van der Waals surface area (Å²) in [6, 6.07) is 7.99. The van der Waals surface area contributed by atoms with Gasteiger partial charge in [-0.1, -0.05) is 23.7 Å². The molecule has 102 valence electrons. The van der Waals surface area contributed by atoms with Gasteiger partial charge in [-0.05, 0) is 24.6 Å². The Bertz CT molecular complexity index is 510. The van der Waals surface area contributed by atoms with Crippen molar-refractivity contribution < 1.29 is 4.74 Å². The fourth-order valence-corrected chi connectivity index (χ4v) is 1.97. The van der Waals surface area contributed by atoms with Crippen LogP contribution in [-0.4, -0.2) is 23.3 Å². The number of halogens is 1. The van der Waals surface area contributed by atoms with Gasteiger partial charge in [-0.2, -0.15) is 0 Å². The van der Waals surface area contributed by atoms with Crippen LogP contribution in [0.3, 0.4) is 0 Å². The van der Waals surface area contributed by atoms with Gasteiger partial charge in [0.15, 0.2) is 0 Å². The predicted molar refractivity (Wildman–Crippen MR) is 77.6 cm³/mol. The van der Waals surface area contributed by atoms with Gasteiger partial charge < -0.3 is 14.6 Å². The molecular formula is C14H18ClN3O. The Labute approximate surface area is 118 Å². The third kappa shape index (κ3) is 3.72. The van der Waals surface area contributed by atoms with Crippen molar-refractivity contribution in [2.24, 2.45) is 0 Å². The van der Waals surface area contributed by atoms with E-state index in [1.54, 1.807) is 13.3 Å². The summed E-state index contributed by atoms with van der Waals surface area (Å²) in [5.74, 6) is 0.847. The SMILES string of the molecule is COCCn1ccnc1NC(C)c1ccc(Cl)cc1. The monoisotopic (exact) mass is 279 g/mol. The van der Waals surface area contributed by atoms with Gasteiger partial charge in [-0.15, -0.1) is 0 Å². The van der Waals surface area contributed by atoms with Crippen molar-refractivity contribution in [3.8, 4) is 0 Å². The van der Waals surface area contributed by atoms with Crippen LogP contribution in [0.1, 0.15) is 18.5 Å². The van der Waals surface area contributed by atoms with Crippen LogP contribution in [0, 0.1) is 0 Å². The third-order valence-corrected chi connectivity index (χ3v) is 3.22. The first-order chi connectivity index (χ1) is 9.20. The Hall–Kier alpha value is -1.52. The van der Waals surface area contributed by atoms with Gasteiger partial charge in [0.1, 0.15) is 0 Å². The maximum atomic E-state index is 5.89. The lowest BCUT2D eigenvalue weighted by molar-refractivity contribution is 0.187. The molecule has 0 fully saturated rings. The predicted octanol–water partition coefficient (Wildman–Crippen LogP) is 3.36. The minimum absolute atomic E-state index is 0.168. The number of aromatic nitrogens is 2. The van der Waals surface area contributed by atoms with Crippen molar-refractivity contribution in [1.29, 1.82) is 0 Å². The van der Waals surface area contributed by atoms with E-state index in [1.807, 2.05) is 35.0 Å². The molecule has 0 saturated heterocycles. The molecule has 0 aliphatic rings. The lowest BCUT2D eigenvalue weighted by Crippen LogP contribution is -2.13. The molecule has 0 aliphatic heterocycles. The summed E-state index contributed by atoms with van der Waals surface area (Å²) < 4.78 is 7.12. The summed E-state index contributed by atoms with van der Waals surface area (Å²) >= 11 is 5.89. The smallest absolute Gasteiger partial charge is 0.203 e. The van der Waals surface area contributed by atoms with E-state index in [0.29, 0.717) is 6.61 Å². The summed E-state index contributed by atoms with van der Waals surface area (Å²) in [7, 11) is 1.69. The molecule has 4 nitrogen and oxygen atoms in total. The van der Waals surface area contributed by atoms with E-state index in [-0.39, 0.29) is 6.04 Å². The van der Waals surface area contributed by atoms with Crippen LogP contribution in [0.15, 0.2) is 36.7 Å². The molecule has 0 aliphatic carbocycles. The zero-order valence-electron chi connectivity index (χ0n) is 11.1. The van der Waals surface area contributed by atoms with Gasteiger partial charge >= 0.3 is 0 Å². The highest BCUT2D eigenvalue weighted by Crippen LogP contribution is 2.20. The normalized spacial score (nSPS) is 12.4. The summed E-state index contributed by atoms with van der Waals surface area (Å²) in [6.45, 7) is 3.55. The number of hydrogen-bond donors (Lipinski definition) is 1. The van der Waals surface area contributed by atoms with Crippen LogP contribution in [0.5, 0.6) is 0 Å². The number of rotatable bonds is 6. The topological polar surface area (TPSA) is 39.1 Å². The molecule has 0 radical (unpaired) electrons. The maximum Gasteiger partial charge on any atom is 0.203 e. The molecule has 2 rings (SSSR count). The minimum Gasteiger partial charge on any atom is -0.383 e. The lowest BCUT2D eigenvalue weighted by atomic mass is 10.1. The number of nitrogens with zero attached hydrogens (tertiary/aromatic N) is 2. The van der Waals surface area contributed by atoms with Gasteiger partial charge in [0, 0.05) is 31.1 Å². The fraction of sp³-hybridized carbons (Fsp3) is 0.357. The van der Waals surface area contributed by atoms with Crippen LogP contribution in [-0.2, 0) is 11.3 Å². The lowest BCUT2D eigenvalue weighted by Gasteiger charge is -2.16. The van der Waals surface area contributed by atoms with Gasteiger partial charge in [0.05, 0.1) is 12.6 Å². The highest BCUT2D eigenvalue weighted by Gasteiger charge is 2.09. The second kappa shape index (κ2) is 6.59. The van der Waals surface area contributed by atoms with Gasteiger partial charge in [0.2, 0.25) is 5.95 Å². The Balaban J connectivity index is 2.04. The van der Waals surface area contributed by atoms with E-state index in [2.05, 4.69) is 17.2 Å². The van der Waals surface area contributed by atoms with Crippen molar-refractivity contribution in [1.82, 2.24) is 9.55 Å². The highest BCUT2D eigenvalue weighted by atomic mass is 35.5. The average Bonchev–Trinajstić information content (AvgIpc) is 2.84. The molecule has 0 amide bonds. The van der Waals surface area contributed by atoms with E-state index in [1.165, 1.54) is 5.56 Å². The Morgan fingerprint density at radius 2 is 2.11 bits per heavy atom. The zero-order chi connectivity index (χ0) is 13.7. The van der Waals surface area contributed by atoms with Crippen molar-refractivity contribution >= 4 is 17.5 Å². The number of nitrogens with one attached hydrogen (secondary N) is 1. The second-order valence-corrected chi connectivity index (χ2v) is 4.79. The Morgan fingerprint density at radius 1 is 1.37 bits per heavy atom. The van der Waals surface area contributed by atoms with Gasteiger partial charge in [0.25, 0.3) is 0 Å². The van der Waals surface area contributed by atoms with Crippen LogP contribution < -0.4 is 5.32 Å². The summed E-state index contributed by atoms with van der Waals surface area (Å²) in [5.41, 5.74) is 1.17. The van der Waals surface area contributed by atoms with Crippen molar-refractivity contribution in [3.05, 3.63) is 47.2 Å². The number of imidazole rings is 1. The first-order valence-electron chi connectivity index (χ1n) is 6.23. The third-order valence-electron chi connectivity index (χ3n) is 2.97. The largest absolute Gasteiger partial charge is 0.383 e. The molecule has 1 unspecified atom stereocenters. The first-order valence-corrected chi connectivity index (χ1v) is 6.60. The number of anilines is 1. The molecule has 1 N–H and O–H groups in total. The van der Waals surface area contributed by atoms with E-state index >= 15 is 0 Å². The molecule has 5 heteroatoms. The summed E-state index contributed by atoms with van der Waals surface area (Å²) in [4.78, 5) is 4.32. The minimum atomic E-state index is 0.168. The van der Waals surface area contributed by atoms with Crippen LogP contribution in [0.2, 0.25) is 5.02 Å². The zero-order valence-corrected chi connectivity index (χ0v) is 11.9. The molecule has 1 heterocycles. The van der Waals surface area contributed by atoms with Gasteiger partial charge in [-0.25, -0.2) is 4.98 Å². The van der Waals surface area contributed by atoms with Crippen molar-refractivity contribution in [3.63, 3.8) is 0 Å². The Kier molecular flexibility index (Phi) is 4.82. The van der Waals surface area contributed by atoms with E-state index in [0.717, 1.165) is 17.5 Å². The summed E-state index contributed by atoms with van der Waals surface area (Å²) in [6.07, 6.45) is 3.72. The van der Waals surface area contributed by atoms with Crippen molar-refractivity contribution in [2.75, 3.05) is 19.0 Å². The number of methoxy groups -OCH3 is 1. The first kappa shape index (κ1) is 13.9. The number of benzene rings is 1. The van der Waals surface area contributed by atoms with Gasteiger partial charge in [-0.3, -0.25) is 0 Å². The molecule has 0 saturated carbocycles. The Morgan fingerprint density at radius 3 is 2.79 bits per heavy atom.